The Morgan fingerprint density at radius 2 is 1.23 bits per heavy atom. The molecule has 436 valence electrons. The van der Waals surface area contributed by atoms with Gasteiger partial charge in [-0.15, -0.1) is 0 Å². The maximum absolute atomic E-state index is 14.9. The number of primary amides is 1. The van der Waals surface area contributed by atoms with E-state index in [0.717, 1.165) is 21.7 Å². The van der Waals surface area contributed by atoms with E-state index in [9.17, 15) is 57.8 Å². The molecule has 1 saturated heterocycles. The van der Waals surface area contributed by atoms with Gasteiger partial charge in [0.25, 0.3) is 5.91 Å². The minimum Gasteiger partial charge on any atom is -0.481 e. The fraction of sp³-hybridized carbons (Fsp3) is 0.365. The van der Waals surface area contributed by atoms with Crippen LogP contribution in [-0.4, -0.2) is 170 Å². The van der Waals surface area contributed by atoms with Crippen molar-refractivity contribution in [1.82, 2.24) is 62.4 Å². The fourth-order valence-corrected chi connectivity index (χ4v) is 9.24. The highest BCUT2D eigenvalue weighted by molar-refractivity contribution is 7.80. The molecule has 0 bridgehead atoms. The van der Waals surface area contributed by atoms with Crippen LogP contribution in [0.15, 0.2) is 90.4 Å². The summed E-state index contributed by atoms with van der Waals surface area (Å²) in [6.07, 6.45) is 2.52. The third-order valence-corrected chi connectivity index (χ3v) is 13.7. The SMILES string of the molecule is NC(=O)[C@H](CS)NC(=O)C(Cc1c[nH]c2ccccc12)NC(=O)[C@H](CCCN=C(N)N)NC(=O)[C@@H](Cc1ccc2ccccc2c1)NC(=O)[C@H](Cc1cnc[nH]1)NC(=O)[C@H](CCC(=O)O)NC(=O)[C@H](CS)NC(=O)CN1C(=O)CNC1=O. The number of fused-ring (bicyclic) bond motifs is 2. The molecule has 3 heterocycles. The average Bonchev–Trinajstić information content (AvgIpc) is 4.39. The number of nitrogens with zero attached hydrogens (tertiary/aromatic N) is 3. The second-order valence-electron chi connectivity index (χ2n) is 19.0. The number of carbonyl (C=O) groups is 11. The van der Waals surface area contributed by atoms with Crippen LogP contribution < -0.4 is 59.7 Å². The van der Waals surface area contributed by atoms with Crippen LogP contribution in [0.2, 0.25) is 0 Å². The van der Waals surface area contributed by atoms with E-state index in [1.54, 1.807) is 30.5 Å². The van der Waals surface area contributed by atoms with Gasteiger partial charge in [-0.05, 0) is 47.2 Å². The van der Waals surface area contributed by atoms with Crippen molar-refractivity contribution in [3.8, 4) is 0 Å². The first-order valence-corrected chi connectivity index (χ1v) is 27.0. The van der Waals surface area contributed by atoms with Gasteiger partial charge < -0.3 is 74.8 Å². The monoisotopic (exact) mass is 1170 g/mol. The van der Waals surface area contributed by atoms with Gasteiger partial charge >= 0.3 is 12.0 Å². The summed E-state index contributed by atoms with van der Waals surface area (Å²) >= 11 is 8.29. The van der Waals surface area contributed by atoms with E-state index in [2.05, 4.69) is 87.7 Å². The zero-order valence-electron chi connectivity index (χ0n) is 44.0. The zero-order valence-corrected chi connectivity index (χ0v) is 45.8. The number of hydrogen-bond acceptors (Lipinski definition) is 15. The number of imidazole rings is 1. The van der Waals surface area contributed by atoms with E-state index in [4.69, 9.17) is 17.2 Å². The molecule has 30 heteroatoms. The van der Waals surface area contributed by atoms with Crippen LogP contribution in [-0.2, 0) is 67.2 Å². The third-order valence-electron chi connectivity index (χ3n) is 13.0. The molecular weight excluding hydrogens is 1100 g/mol. The second-order valence-corrected chi connectivity index (χ2v) is 19.7. The summed E-state index contributed by atoms with van der Waals surface area (Å²) in [6, 6.07) is 8.82. The largest absolute Gasteiger partial charge is 0.481 e. The molecule has 3 aromatic carbocycles. The number of carbonyl (C=O) groups excluding carboxylic acids is 10. The van der Waals surface area contributed by atoms with Crippen molar-refractivity contribution in [2.24, 2.45) is 22.2 Å². The quantitative estimate of drug-likeness (QED) is 0.00705. The van der Waals surface area contributed by atoms with Crippen LogP contribution in [0.4, 0.5) is 4.79 Å². The summed E-state index contributed by atoms with van der Waals surface area (Å²) in [7, 11) is 0. The molecule has 1 unspecified atom stereocenters. The maximum Gasteiger partial charge on any atom is 0.325 e. The summed E-state index contributed by atoms with van der Waals surface area (Å²) in [6.45, 7) is -1.07. The lowest BCUT2D eigenvalue weighted by atomic mass is 9.99. The predicted molar refractivity (Wildman–Crippen MR) is 304 cm³/mol. The number of urea groups is 1. The summed E-state index contributed by atoms with van der Waals surface area (Å²) in [5.74, 6) is -10.2. The van der Waals surface area contributed by atoms with Crippen molar-refractivity contribution in [1.29, 1.82) is 0 Å². The molecule has 28 nitrogen and oxygen atoms in total. The van der Waals surface area contributed by atoms with Crippen LogP contribution in [0, 0.1) is 0 Å². The number of aliphatic imine (C=N–C) groups is 1. The van der Waals surface area contributed by atoms with Gasteiger partial charge in [0, 0.05) is 72.7 Å². The predicted octanol–water partition coefficient (Wildman–Crippen LogP) is -2.72. The molecule has 1 aliphatic heterocycles. The molecule has 5 aromatic rings. The highest BCUT2D eigenvalue weighted by atomic mass is 32.1. The van der Waals surface area contributed by atoms with Crippen LogP contribution in [0.3, 0.4) is 0 Å². The van der Waals surface area contributed by atoms with E-state index in [1.807, 2.05) is 42.5 Å². The normalized spacial score (nSPS) is 14.6. The van der Waals surface area contributed by atoms with Gasteiger partial charge in [-0.1, -0.05) is 60.7 Å². The molecule has 0 spiro atoms. The van der Waals surface area contributed by atoms with Crippen molar-refractivity contribution in [3.63, 3.8) is 0 Å². The molecule has 0 aliphatic carbocycles. The number of nitrogens with one attached hydrogen (secondary N) is 10. The maximum atomic E-state index is 14.9. The number of carboxylic acids is 1. The Bertz CT molecular complexity index is 3170. The second kappa shape index (κ2) is 29.9. The number of aromatic nitrogens is 3. The van der Waals surface area contributed by atoms with E-state index < -0.39 is 127 Å². The Labute approximate surface area is 479 Å². The van der Waals surface area contributed by atoms with Crippen molar-refractivity contribution in [3.05, 3.63) is 102 Å². The molecule has 11 amide bonds. The average molecular weight is 1170 g/mol. The summed E-state index contributed by atoms with van der Waals surface area (Å²) in [5, 5.41) is 32.3. The van der Waals surface area contributed by atoms with Gasteiger partial charge in [0.05, 0.1) is 12.9 Å². The van der Waals surface area contributed by atoms with Crippen molar-refractivity contribution >= 4 is 118 Å². The van der Waals surface area contributed by atoms with Gasteiger partial charge in [-0.2, -0.15) is 25.3 Å². The molecule has 0 saturated carbocycles. The van der Waals surface area contributed by atoms with Crippen molar-refractivity contribution in [2.45, 2.75) is 87.2 Å². The van der Waals surface area contributed by atoms with E-state index in [-0.39, 0.29) is 62.7 Å². The number of rotatable bonds is 31. The van der Waals surface area contributed by atoms with E-state index in [0.29, 0.717) is 21.7 Å². The van der Waals surface area contributed by atoms with Crippen LogP contribution >= 0.6 is 25.3 Å². The fourth-order valence-electron chi connectivity index (χ4n) is 8.71. The Balaban J connectivity index is 1.29. The molecule has 7 atom stereocenters. The number of guanidine groups is 1. The van der Waals surface area contributed by atoms with Crippen LogP contribution in [0.1, 0.15) is 42.5 Å². The first kappa shape index (κ1) is 62.0. The molecule has 17 N–H and O–H groups in total. The van der Waals surface area contributed by atoms with Gasteiger partial charge in [0.2, 0.25) is 47.3 Å². The van der Waals surface area contributed by atoms with Gasteiger partial charge in [-0.25, -0.2) is 9.78 Å². The number of hydrogen-bond donors (Lipinski definition) is 16. The molecule has 82 heavy (non-hydrogen) atoms. The van der Waals surface area contributed by atoms with Gasteiger partial charge in [0.15, 0.2) is 5.96 Å². The number of para-hydroxylation sites is 1. The highest BCUT2D eigenvalue weighted by Crippen LogP contribution is 2.21. The molecule has 0 radical (unpaired) electrons. The van der Waals surface area contributed by atoms with E-state index in [1.165, 1.54) is 12.5 Å². The first-order chi connectivity index (χ1) is 39.2. The molecular formula is C52H64N16O12S2. The number of nitrogens with two attached hydrogens (primary N) is 3. The van der Waals surface area contributed by atoms with Gasteiger partial charge in [0.1, 0.15) is 48.8 Å². The smallest absolute Gasteiger partial charge is 0.325 e. The highest BCUT2D eigenvalue weighted by Gasteiger charge is 2.36. The number of aromatic amines is 2. The zero-order chi connectivity index (χ0) is 59.5. The standard InChI is InChI=1S/C52H64N16O12S2/c53-44(73)39(24-81)67-48(77)37(18-30-20-58-33-9-4-3-8-32(30)33)65-45(74)34(10-5-15-57-51(54)55)62-47(76)36(17-27-11-12-28-6-1-2-7-29(28)16-27)64-49(78)38(19-31-21-56-26-60-31)66-46(75)35(13-14-43(71)72)63-50(79)40(25-82)61-41(69)23-68-42(70)22-59-52(68)80/h1-4,6-9,11-12,16,20-21,26,34-40,58,81-82H,5,10,13-15,17-19,22-25H2,(H2,53,73)(H,56,60)(H,59,80)(H,61,69)(H,62,76)(H,63,79)(H,64,78)(H,65,74)(H,66,75)(H,67,77)(H,71,72)(H4,54,55,57)/t34-,35-,36+,37?,38-,39-,40-/m0/s1. The van der Waals surface area contributed by atoms with Crippen molar-refractivity contribution in [2.75, 3.05) is 31.1 Å². The minimum atomic E-state index is -1.66. The summed E-state index contributed by atoms with van der Waals surface area (Å²) in [4.78, 5) is 162. The lowest BCUT2D eigenvalue weighted by molar-refractivity contribution is -0.138. The number of H-pyrrole nitrogens is 2. The van der Waals surface area contributed by atoms with Gasteiger partial charge in [-0.3, -0.25) is 57.8 Å². The lowest BCUT2D eigenvalue weighted by Crippen LogP contribution is -2.61. The minimum absolute atomic E-state index is 0.00847. The van der Waals surface area contributed by atoms with Crippen LogP contribution in [0.25, 0.3) is 21.7 Å². The first-order valence-electron chi connectivity index (χ1n) is 25.7. The number of thiol groups is 2. The molecule has 1 fully saturated rings. The number of benzene rings is 3. The molecule has 1 aliphatic rings. The molecule has 6 rings (SSSR count). The number of aliphatic carboxylic acids is 1. The number of carboxylic acid groups (broad SMARTS) is 1. The van der Waals surface area contributed by atoms with Crippen LogP contribution in [0.5, 0.6) is 0 Å². The number of imide groups is 1. The Kier molecular flexibility index (Phi) is 22.6. The third kappa shape index (κ3) is 17.9. The number of amides is 11. The van der Waals surface area contributed by atoms with Crippen molar-refractivity contribution < 1.29 is 57.8 Å². The summed E-state index contributed by atoms with van der Waals surface area (Å²) < 4.78 is 0. The molecule has 2 aromatic heterocycles. The Hall–Kier alpha value is -9.19. The summed E-state index contributed by atoms with van der Waals surface area (Å²) in [5.41, 5.74) is 18.9. The lowest BCUT2D eigenvalue weighted by Gasteiger charge is -2.28. The topological polar surface area (TPSA) is 442 Å². The Morgan fingerprint density at radius 3 is 1.83 bits per heavy atom. The Morgan fingerprint density at radius 1 is 0.659 bits per heavy atom. The van der Waals surface area contributed by atoms with E-state index >= 15 is 0 Å².